The smallest absolute Gasteiger partial charge is 0.119 e. The first kappa shape index (κ1) is 12.4. The molecule has 0 spiro atoms. The fourth-order valence-electron chi connectivity index (χ4n) is 1.88. The molecule has 1 aliphatic carbocycles. The van der Waals surface area contributed by atoms with Gasteiger partial charge in [0.2, 0.25) is 0 Å². The Balaban J connectivity index is 1.70. The zero-order chi connectivity index (χ0) is 12.1. The van der Waals surface area contributed by atoms with Crippen LogP contribution in [0.2, 0.25) is 0 Å². The van der Waals surface area contributed by atoms with E-state index >= 15 is 0 Å². The van der Waals surface area contributed by atoms with Gasteiger partial charge in [-0.2, -0.15) is 0 Å². The van der Waals surface area contributed by atoms with Crippen molar-refractivity contribution in [1.29, 1.82) is 0 Å². The molecule has 17 heavy (non-hydrogen) atoms. The molecule has 1 aliphatic rings. The molecule has 0 saturated heterocycles. The lowest BCUT2D eigenvalue weighted by Gasteiger charge is -2.11. The van der Waals surface area contributed by atoms with Gasteiger partial charge in [-0.25, -0.2) is 0 Å². The average molecular weight is 235 g/mol. The van der Waals surface area contributed by atoms with Crippen molar-refractivity contribution < 1.29 is 9.84 Å². The lowest BCUT2D eigenvalue weighted by Crippen LogP contribution is -2.27. The van der Waals surface area contributed by atoms with Crippen LogP contribution < -0.4 is 10.1 Å². The van der Waals surface area contributed by atoms with Crippen LogP contribution in [-0.2, 0) is 6.54 Å². The summed E-state index contributed by atoms with van der Waals surface area (Å²) in [7, 11) is 0. The molecule has 1 unspecified atom stereocenters. The van der Waals surface area contributed by atoms with Gasteiger partial charge in [0.25, 0.3) is 0 Å². The zero-order valence-corrected chi connectivity index (χ0v) is 10.4. The van der Waals surface area contributed by atoms with E-state index in [0.717, 1.165) is 12.3 Å². The second-order valence-corrected chi connectivity index (χ2v) is 4.61. The van der Waals surface area contributed by atoms with Crippen LogP contribution in [0, 0.1) is 5.92 Å². The molecule has 94 valence electrons. The van der Waals surface area contributed by atoms with Gasteiger partial charge in [0.1, 0.15) is 5.75 Å². The second-order valence-electron chi connectivity index (χ2n) is 4.61. The van der Waals surface area contributed by atoms with Crippen molar-refractivity contribution in [2.24, 2.45) is 5.92 Å². The van der Waals surface area contributed by atoms with Crippen molar-refractivity contribution in [3.63, 3.8) is 0 Å². The van der Waals surface area contributed by atoms with E-state index in [-0.39, 0.29) is 6.10 Å². The molecule has 3 nitrogen and oxygen atoms in total. The van der Waals surface area contributed by atoms with Crippen LogP contribution >= 0.6 is 0 Å². The summed E-state index contributed by atoms with van der Waals surface area (Å²) in [6.07, 6.45) is 2.20. The van der Waals surface area contributed by atoms with E-state index in [0.29, 0.717) is 19.1 Å². The molecule has 0 radical (unpaired) electrons. The quantitative estimate of drug-likeness (QED) is 0.759. The fraction of sp³-hybridized carbons (Fsp3) is 0.571. The molecule has 3 heteroatoms. The number of benzene rings is 1. The molecule has 0 amide bonds. The maximum atomic E-state index is 9.70. The SMILES string of the molecule is CCOc1ccc(CNCC(O)C2CC2)cc1. The molecule has 1 aromatic rings. The van der Waals surface area contributed by atoms with Crippen molar-refractivity contribution >= 4 is 0 Å². The topological polar surface area (TPSA) is 41.5 Å². The third kappa shape index (κ3) is 4.02. The maximum Gasteiger partial charge on any atom is 0.119 e. The van der Waals surface area contributed by atoms with Gasteiger partial charge in [0.15, 0.2) is 0 Å². The third-order valence-corrected chi connectivity index (χ3v) is 3.08. The largest absolute Gasteiger partial charge is 0.494 e. The van der Waals surface area contributed by atoms with Crippen LogP contribution in [-0.4, -0.2) is 24.4 Å². The highest BCUT2D eigenvalue weighted by molar-refractivity contribution is 5.27. The van der Waals surface area contributed by atoms with Crippen molar-refractivity contribution in [2.45, 2.75) is 32.4 Å². The summed E-state index contributed by atoms with van der Waals surface area (Å²) in [5, 5.41) is 13.0. The van der Waals surface area contributed by atoms with Gasteiger partial charge >= 0.3 is 0 Å². The molecular formula is C14H21NO2. The third-order valence-electron chi connectivity index (χ3n) is 3.08. The second kappa shape index (κ2) is 6.03. The van der Waals surface area contributed by atoms with Crippen LogP contribution in [0.25, 0.3) is 0 Å². The van der Waals surface area contributed by atoms with Crippen LogP contribution in [0.15, 0.2) is 24.3 Å². The van der Waals surface area contributed by atoms with E-state index in [1.165, 1.54) is 18.4 Å². The number of hydrogen-bond acceptors (Lipinski definition) is 3. The Bertz CT molecular complexity index is 333. The Morgan fingerprint density at radius 1 is 1.35 bits per heavy atom. The van der Waals surface area contributed by atoms with E-state index in [4.69, 9.17) is 4.74 Å². The first-order chi connectivity index (χ1) is 8.29. The van der Waals surface area contributed by atoms with E-state index in [1.807, 2.05) is 19.1 Å². The van der Waals surface area contributed by atoms with Crippen molar-refractivity contribution in [3.8, 4) is 5.75 Å². The van der Waals surface area contributed by atoms with E-state index in [1.54, 1.807) is 0 Å². The number of nitrogens with one attached hydrogen (secondary N) is 1. The molecule has 2 rings (SSSR count). The number of ether oxygens (including phenoxy) is 1. The molecule has 1 saturated carbocycles. The fourth-order valence-corrected chi connectivity index (χ4v) is 1.88. The summed E-state index contributed by atoms with van der Waals surface area (Å²) >= 11 is 0. The minimum atomic E-state index is -0.169. The molecular weight excluding hydrogens is 214 g/mol. The molecule has 1 fully saturated rings. The van der Waals surface area contributed by atoms with Gasteiger partial charge in [-0.05, 0) is 43.4 Å². The molecule has 1 aromatic carbocycles. The number of rotatable bonds is 7. The Labute approximate surface area is 103 Å². The van der Waals surface area contributed by atoms with E-state index in [2.05, 4.69) is 17.4 Å². The Morgan fingerprint density at radius 3 is 2.65 bits per heavy atom. The van der Waals surface area contributed by atoms with Gasteiger partial charge < -0.3 is 15.2 Å². The summed E-state index contributed by atoms with van der Waals surface area (Å²) in [4.78, 5) is 0. The molecule has 0 bridgehead atoms. The number of hydrogen-bond donors (Lipinski definition) is 2. The molecule has 0 aromatic heterocycles. The van der Waals surface area contributed by atoms with Crippen LogP contribution in [0.1, 0.15) is 25.3 Å². The van der Waals surface area contributed by atoms with Crippen LogP contribution in [0.5, 0.6) is 5.75 Å². The van der Waals surface area contributed by atoms with Gasteiger partial charge in [-0.1, -0.05) is 12.1 Å². The van der Waals surface area contributed by atoms with Gasteiger partial charge in [-0.15, -0.1) is 0 Å². The molecule has 0 aliphatic heterocycles. The highest BCUT2D eigenvalue weighted by Gasteiger charge is 2.28. The minimum absolute atomic E-state index is 0.169. The van der Waals surface area contributed by atoms with Crippen molar-refractivity contribution in [1.82, 2.24) is 5.32 Å². The van der Waals surface area contributed by atoms with Crippen LogP contribution in [0.4, 0.5) is 0 Å². The first-order valence-electron chi connectivity index (χ1n) is 6.40. The number of aliphatic hydroxyl groups excluding tert-OH is 1. The summed E-state index contributed by atoms with van der Waals surface area (Å²) < 4.78 is 5.38. The van der Waals surface area contributed by atoms with Gasteiger partial charge in [0.05, 0.1) is 12.7 Å². The van der Waals surface area contributed by atoms with E-state index < -0.39 is 0 Å². The average Bonchev–Trinajstić information content (AvgIpc) is 3.15. The first-order valence-corrected chi connectivity index (χ1v) is 6.40. The van der Waals surface area contributed by atoms with Crippen LogP contribution in [0.3, 0.4) is 0 Å². The zero-order valence-electron chi connectivity index (χ0n) is 10.4. The Hall–Kier alpha value is -1.06. The maximum absolute atomic E-state index is 9.70. The molecule has 1 atom stereocenters. The number of aliphatic hydroxyl groups is 1. The predicted octanol–water partition coefficient (Wildman–Crippen LogP) is 1.95. The summed E-state index contributed by atoms with van der Waals surface area (Å²) in [5.74, 6) is 1.46. The van der Waals surface area contributed by atoms with Crippen molar-refractivity contribution in [3.05, 3.63) is 29.8 Å². The van der Waals surface area contributed by atoms with Gasteiger partial charge in [-0.3, -0.25) is 0 Å². The van der Waals surface area contributed by atoms with E-state index in [9.17, 15) is 5.11 Å². The molecule has 0 heterocycles. The lowest BCUT2D eigenvalue weighted by molar-refractivity contribution is 0.148. The Morgan fingerprint density at radius 2 is 2.06 bits per heavy atom. The summed E-state index contributed by atoms with van der Waals surface area (Å²) in [5.41, 5.74) is 1.22. The monoisotopic (exact) mass is 235 g/mol. The lowest BCUT2D eigenvalue weighted by atomic mass is 10.2. The highest BCUT2D eigenvalue weighted by Crippen LogP contribution is 2.32. The highest BCUT2D eigenvalue weighted by atomic mass is 16.5. The normalized spacial score (nSPS) is 16.8. The van der Waals surface area contributed by atoms with Gasteiger partial charge in [0, 0.05) is 13.1 Å². The predicted molar refractivity (Wildman–Crippen MR) is 68.0 cm³/mol. The minimum Gasteiger partial charge on any atom is -0.494 e. The van der Waals surface area contributed by atoms with Crippen molar-refractivity contribution in [2.75, 3.05) is 13.2 Å². The summed E-state index contributed by atoms with van der Waals surface area (Å²) in [6.45, 7) is 4.17. The summed E-state index contributed by atoms with van der Waals surface area (Å²) in [6, 6.07) is 8.08. The molecule has 2 N–H and O–H groups in total. The Kier molecular flexibility index (Phi) is 4.40. The standard InChI is InChI=1S/C14H21NO2/c1-2-17-13-7-3-11(4-8-13)9-15-10-14(16)12-5-6-12/h3-4,7-8,12,14-16H,2,5-6,9-10H2,1H3.